The van der Waals surface area contributed by atoms with E-state index >= 15 is 0 Å². The lowest BCUT2D eigenvalue weighted by Gasteiger charge is -2.24. The molecule has 0 amide bonds. The van der Waals surface area contributed by atoms with E-state index in [2.05, 4.69) is 0 Å². The maximum atomic E-state index is 12.9. The van der Waals surface area contributed by atoms with E-state index in [1.54, 1.807) is 37.3 Å². The van der Waals surface area contributed by atoms with Crippen LogP contribution in [0.5, 0.6) is 0 Å². The Hall–Kier alpha value is -2.38. The van der Waals surface area contributed by atoms with Gasteiger partial charge in [-0.25, -0.2) is 13.2 Å². The number of carbonyl (C=O) groups is 1. The van der Waals surface area contributed by atoms with Crippen LogP contribution < -0.4 is 4.31 Å². The molecule has 2 aromatic carbocycles. The second-order valence-corrected chi connectivity index (χ2v) is 6.75. The normalized spacial score (nSPS) is 11.2. The van der Waals surface area contributed by atoms with Crippen molar-refractivity contribution >= 4 is 21.7 Å². The number of rotatable bonds is 6. The van der Waals surface area contributed by atoms with E-state index in [1.165, 1.54) is 12.1 Å². The van der Waals surface area contributed by atoms with Gasteiger partial charge in [-0.3, -0.25) is 4.31 Å². The van der Waals surface area contributed by atoms with Crippen molar-refractivity contribution in [1.82, 2.24) is 0 Å². The molecule has 2 N–H and O–H groups in total. The van der Waals surface area contributed by atoms with Crippen LogP contribution in [0.2, 0.25) is 0 Å². The monoisotopic (exact) mass is 335 g/mol. The molecule has 6 nitrogen and oxygen atoms in total. The third-order valence-corrected chi connectivity index (χ3v) is 5.32. The number of aliphatic hydroxyl groups excluding tert-OH is 1. The van der Waals surface area contributed by atoms with Crippen molar-refractivity contribution in [1.29, 1.82) is 0 Å². The molecule has 0 bridgehead atoms. The summed E-state index contributed by atoms with van der Waals surface area (Å²) in [5.74, 6) is -1.20. The molecule has 23 heavy (non-hydrogen) atoms. The van der Waals surface area contributed by atoms with Crippen LogP contribution in [0, 0.1) is 6.92 Å². The average molecular weight is 335 g/mol. The highest BCUT2D eigenvalue weighted by Crippen LogP contribution is 2.26. The first-order chi connectivity index (χ1) is 10.9. The van der Waals surface area contributed by atoms with Crippen molar-refractivity contribution < 1.29 is 23.4 Å². The average Bonchev–Trinajstić information content (AvgIpc) is 2.53. The van der Waals surface area contributed by atoms with Gasteiger partial charge >= 0.3 is 5.97 Å². The molecule has 0 unspecified atom stereocenters. The van der Waals surface area contributed by atoms with E-state index < -0.39 is 16.0 Å². The lowest BCUT2D eigenvalue weighted by molar-refractivity contribution is 0.0696. The molecule has 0 radical (unpaired) electrons. The minimum atomic E-state index is -3.99. The Kier molecular flexibility index (Phi) is 5.02. The number of aliphatic hydroxyl groups is 1. The zero-order chi connectivity index (χ0) is 17.0. The van der Waals surface area contributed by atoms with E-state index in [-0.39, 0.29) is 23.6 Å². The number of aryl methyl sites for hydroxylation is 1. The number of para-hydroxylation sites is 1. The highest BCUT2D eigenvalue weighted by molar-refractivity contribution is 7.92. The maximum absolute atomic E-state index is 12.9. The maximum Gasteiger partial charge on any atom is 0.335 e. The summed E-state index contributed by atoms with van der Waals surface area (Å²) in [5.41, 5.74) is 0.738. The van der Waals surface area contributed by atoms with Crippen molar-refractivity contribution in [3.8, 4) is 0 Å². The van der Waals surface area contributed by atoms with Crippen LogP contribution >= 0.6 is 0 Å². The molecule has 122 valence electrons. The molecule has 0 aromatic heterocycles. The summed E-state index contributed by atoms with van der Waals surface area (Å²) >= 11 is 0. The zero-order valence-electron chi connectivity index (χ0n) is 12.5. The molecule has 0 aliphatic carbocycles. The predicted molar refractivity (Wildman–Crippen MR) is 86.2 cm³/mol. The molecule has 0 spiro atoms. The third kappa shape index (κ3) is 3.52. The number of aromatic carboxylic acids is 1. The topological polar surface area (TPSA) is 94.9 Å². The van der Waals surface area contributed by atoms with Crippen LogP contribution in [0.15, 0.2) is 53.4 Å². The number of sulfonamides is 1. The molecule has 0 saturated carbocycles. The smallest absolute Gasteiger partial charge is 0.335 e. The first-order valence-corrected chi connectivity index (χ1v) is 8.34. The van der Waals surface area contributed by atoms with Crippen molar-refractivity contribution in [2.45, 2.75) is 11.8 Å². The summed E-state index contributed by atoms with van der Waals surface area (Å²) < 4.78 is 27.0. The Bertz CT molecular complexity index is 802. The predicted octanol–water partition coefficient (Wildman–Crippen LogP) is 1.88. The highest BCUT2D eigenvalue weighted by atomic mass is 32.2. The fraction of sp³-hybridized carbons (Fsp3) is 0.188. The van der Waals surface area contributed by atoms with Gasteiger partial charge in [0.25, 0.3) is 10.0 Å². The number of anilines is 1. The Balaban J connectivity index is 2.59. The van der Waals surface area contributed by atoms with Gasteiger partial charge in [0.2, 0.25) is 0 Å². The fourth-order valence-corrected chi connectivity index (χ4v) is 3.91. The molecule has 0 saturated heterocycles. The second kappa shape index (κ2) is 6.80. The molecule has 2 rings (SSSR count). The molecule has 0 heterocycles. The van der Waals surface area contributed by atoms with Gasteiger partial charge in [0.1, 0.15) is 0 Å². The summed E-state index contributed by atoms with van der Waals surface area (Å²) in [5, 5.41) is 18.3. The fourth-order valence-electron chi connectivity index (χ4n) is 2.20. The highest BCUT2D eigenvalue weighted by Gasteiger charge is 2.27. The Morgan fingerprint density at radius 3 is 2.35 bits per heavy atom. The van der Waals surface area contributed by atoms with E-state index in [9.17, 15) is 18.3 Å². The Morgan fingerprint density at radius 1 is 1.13 bits per heavy atom. The third-order valence-electron chi connectivity index (χ3n) is 3.35. The molecule has 0 aliphatic heterocycles. The standard InChI is InChI=1S/C16H17NO5S/c1-12-7-8-13(16(19)20)11-15(12)23(21,22)17(9-10-18)14-5-3-2-4-6-14/h2-8,11,18H,9-10H2,1H3,(H,19,20). The Morgan fingerprint density at radius 2 is 1.78 bits per heavy atom. The van der Waals surface area contributed by atoms with Gasteiger partial charge < -0.3 is 10.2 Å². The van der Waals surface area contributed by atoms with Gasteiger partial charge in [-0.05, 0) is 36.8 Å². The summed E-state index contributed by atoms with van der Waals surface area (Å²) in [6.45, 7) is 1.12. The van der Waals surface area contributed by atoms with E-state index in [0.29, 0.717) is 11.3 Å². The number of hydrogen-bond donors (Lipinski definition) is 2. The number of carboxylic acid groups (broad SMARTS) is 1. The van der Waals surface area contributed by atoms with Gasteiger partial charge in [-0.15, -0.1) is 0 Å². The second-order valence-electron chi connectivity index (χ2n) is 4.92. The van der Waals surface area contributed by atoms with Crippen molar-refractivity contribution in [2.24, 2.45) is 0 Å². The number of hydrogen-bond acceptors (Lipinski definition) is 4. The SMILES string of the molecule is Cc1ccc(C(=O)O)cc1S(=O)(=O)N(CCO)c1ccccc1. The molecule has 0 fully saturated rings. The van der Waals surface area contributed by atoms with Gasteiger partial charge in [0.05, 0.1) is 29.3 Å². The summed E-state index contributed by atoms with van der Waals surface area (Å²) in [4.78, 5) is 11.0. The van der Waals surface area contributed by atoms with Gasteiger partial charge in [0.15, 0.2) is 0 Å². The van der Waals surface area contributed by atoms with Crippen LogP contribution in [-0.2, 0) is 10.0 Å². The van der Waals surface area contributed by atoms with Crippen LogP contribution in [0.25, 0.3) is 0 Å². The quantitative estimate of drug-likeness (QED) is 0.840. The number of benzene rings is 2. The number of nitrogens with zero attached hydrogens (tertiary/aromatic N) is 1. The first kappa shape index (κ1) is 17.0. The molecule has 0 aliphatic rings. The van der Waals surface area contributed by atoms with E-state index in [1.807, 2.05) is 0 Å². The van der Waals surface area contributed by atoms with Crippen molar-refractivity contribution in [3.05, 3.63) is 59.7 Å². The van der Waals surface area contributed by atoms with Crippen LogP contribution in [0.4, 0.5) is 5.69 Å². The molecule has 2 aromatic rings. The summed E-state index contributed by atoms with van der Waals surface area (Å²) in [6.07, 6.45) is 0. The lowest BCUT2D eigenvalue weighted by atomic mass is 10.1. The molecular weight excluding hydrogens is 318 g/mol. The van der Waals surface area contributed by atoms with Gasteiger partial charge in [-0.2, -0.15) is 0 Å². The largest absolute Gasteiger partial charge is 0.478 e. The lowest BCUT2D eigenvalue weighted by Crippen LogP contribution is -2.34. The van der Waals surface area contributed by atoms with E-state index in [4.69, 9.17) is 5.11 Å². The van der Waals surface area contributed by atoms with Crippen LogP contribution in [0.1, 0.15) is 15.9 Å². The summed E-state index contributed by atoms with van der Waals surface area (Å²) in [7, 11) is -3.99. The van der Waals surface area contributed by atoms with E-state index in [0.717, 1.165) is 10.4 Å². The molecular formula is C16H17NO5S. The molecule has 7 heteroatoms. The first-order valence-electron chi connectivity index (χ1n) is 6.90. The summed E-state index contributed by atoms with van der Waals surface area (Å²) in [6, 6.07) is 12.3. The minimum Gasteiger partial charge on any atom is -0.478 e. The van der Waals surface area contributed by atoms with Gasteiger partial charge in [-0.1, -0.05) is 24.3 Å². The van der Waals surface area contributed by atoms with Crippen molar-refractivity contribution in [3.63, 3.8) is 0 Å². The van der Waals surface area contributed by atoms with Crippen molar-refractivity contribution in [2.75, 3.05) is 17.5 Å². The van der Waals surface area contributed by atoms with Crippen LogP contribution in [0.3, 0.4) is 0 Å². The van der Waals surface area contributed by atoms with Gasteiger partial charge in [0, 0.05) is 0 Å². The zero-order valence-corrected chi connectivity index (χ0v) is 13.3. The Labute approximate surface area is 134 Å². The minimum absolute atomic E-state index is 0.0882. The molecule has 0 atom stereocenters. The van der Waals surface area contributed by atoms with Crippen LogP contribution in [-0.4, -0.2) is 37.8 Å². The number of carboxylic acids is 1.